The topological polar surface area (TPSA) is 0 Å². The lowest BCUT2D eigenvalue weighted by Crippen LogP contribution is -2.47. The molecule has 4 aliphatic carbocycles. The molecule has 0 fully saturated rings. The van der Waals surface area contributed by atoms with Crippen LogP contribution in [-0.4, -0.2) is 0 Å². The van der Waals surface area contributed by atoms with Crippen LogP contribution in [0.15, 0.2) is 81.5 Å². The lowest BCUT2D eigenvalue weighted by Gasteiger charge is -2.55. The fraction of sp³-hybridized carbons (Fsp3) is 0.222. The zero-order chi connectivity index (χ0) is 13.3. The highest BCUT2D eigenvalue weighted by Gasteiger charge is 2.55. The van der Waals surface area contributed by atoms with Crippen molar-refractivity contribution in [3.8, 4) is 0 Å². The van der Waals surface area contributed by atoms with Crippen LogP contribution in [0.1, 0.15) is 13.8 Å². The van der Waals surface area contributed by atoms with E-state index in [9.17, 15) is 0 Å². The molecule has 0 spiro atoms. The van der Waals surface area contributed by atoms with Gasteiger partial charge in [0.05, 0.1) is 0 Å². The maximum Gasteiger partial charge on any atom is 0.0310 e. The van der Waals surface area contributed by atoms with Gasteiger partial charge in [-0.3, -0.25) is 0 Å². The van der Waals surface area contributed by atoms with Crippen LogP contribution in [0.5, 0.6) is 0 Å². The molecule has 0 bridgehead atoms. The fourth-order valence-corrected chi connectivity index (χ4v) is 4.43. The van der Waals surface area contributed by atoms with Crippen LogP contribution in [0.3, 0.4) is 0 Å². The molecule has 0 saturated heterocycles. The van der Waals surface area contributed by atoms with E-state index in [4.69, 9.17) is 0 Å². The molecule has 1 heteroatoms. The summed E-state index contributed by atoms with van der Waals surface area (Å²) in [6.07, 6.45) is 20.3. The Balaban J connectivity index is 2.14. The minimum Gasteiger partial charge on any atom is -0.0617 e. The van der Waals surface area contributed by atoms with E-state index >= 15 is 0 Å². The van der Waals surface area contributed by atoms with Crippen molar-refractivity contribution in [2.75, 3.05) is 0 Å². The number of hydrogen-bond donors (Lipinski definition) is 0. The molecule has 19 heavy (non-hydrogen) atoms. The van der Waals surface area contributed by atoms with Crippen molar-refractivity contribution in [3.63, 3.8) is 0 Å². The summed E-state index contributed by atoms with van der Waals surface area (Å²) in [4.78, 5) is 0. The molecule has 0 N–H and O–H groups in total. The monoisotopic (exact) mass is 310 g/mol. The van der Waals surface area contributed by atoms with Crippen molar-refractivity contribution < 1.29 is 0 Å². The predicted octanol–water partition coefficient (Wildman–Crippen LogP) is 5.15. The summed E-state index contributed by atoms with van der Waals surface area (Å²) < 4.78 is 1.16. The van der Waals surface area contributed by atoms with Gasteiger partial charge >= 0.3 is 0 Å². The molecule has 94 valence electrons. The molecule has 2 unspecified atom stereocenters. The van der Waals surface area contributed by atoms with Gasteiger partial charge in [0, 0.05) is 15.3 Å². The average molecular weight is 311 g/mol. The Morgan fingerprint density at radius 1 is 0.737 bits per heavy atom. The largest absolute Gasteiger partial charge is 0.0617 e. The van der Waals surface area contributed by atoms with Crippen LogP contribution < -0.4 is 0 Å². The first kappa shape index (κ1) is 11.5. The summed E-state index contributed by atoms with van der Waals surface area (Å²) in [7, 11) is 0. The van der Waals surface area contributed by atoms with E-state index in [-0.39, 0.29) is 10.8 Å². The standard InChI is InChI=1S/C18H15Br/c1-17-12-4-3-5-13(17)7-9-15-11-16(19)10-14(8-6-12)18(15,17)2/h3-11H,1-2H3. The molecule has 2 atom stereocenters. The lowest BCUT2D eigenvalue weighted by atomic mass is 9.47. The van der Waals surface area contributed by atoms with Crippen molar-refractivity contribution in [1.82, 2.24) is 0 Å². The summed E-state index contributed by atoms with van der Waals surface area (Å²) in [6, 6.07) is 0. The molecular weight excluding hydrogens is 296 g/mol. The van der Waals surface area contributed by atoms with Gasteiger partial charge in [-0.25, -0.2) is 0 Å². The van der Waals surface area contributed by atoms with Crippen molar-refractivity contribution in [2.24, 2.45) is 10.8 Å². The van der Waals surface area contributed by atoms with Crippen LogP contribution in [0, 0.1) is 10.8 Å². The number of allylic oxidation sites excluding steroid dienone is 14. The molecule has 0 nitrogen and oxygen atoms in total. The minimum atomic E-state index is 0.0414. The Kier molecular flexibility index (Phi) is 2.06. The first-order valence-electron chi connectivity index (χ1n) is 6.66. The van der Waals surface area contributed by atoms with Crippen molar-refractivity contribution >= 4 is 15.9 Å². The minimum absolute atomic E-state index is 0.0414. The van der Waals surface area contributed by atoms with Gasteiger partial charge in [0.15, 0.2) is 0 Å². The third kappa shape index (κ3) is 1.16. The molecule has 0 aromatic carbocycles. The second kappa shape index (κ2) is 3.40. The molecule has 4 rings (SSSR count). The summed E-state index contributed by atoms with van der Waals surface area (Å²) >= 11 is 3.64. The van der Waals surface area contributed by atoms with Crippen LogP contribution in [0.25, 0.3) is 0 Å². The molecule has 4 aliphatic rings. The molecule has 0 aromatic heterocycles. The second-order valence-corrected chi connectivity index (χ2v) is 6.85. The highest BCUT2D eigenvalue weighted by Crippen LogP contribution is 2.65. The van der Waals surface area contributed by atoms with Crippen molar-refractivity contribution in [3.05, 3.63) is 81.5 Å². The Bertz CT molecular complexity index is 706. The van der Waals surface area contributed by atoms with E-state index in [0.717, 1.165) is 4.48 Å². The quantitative estimate of drug-likeness (QED) is 0.580. The van der Waals surface area contributed by atoms with E-state index in [2.05, 4.69) is 84.5 Å². The van der Waals surface area contributed by atoms with Gasteiger partial charge in [-0.05, 0) is 34.4 Å². The van der Waals surface area contributed by atoms with Crippen LogP contribution in [0.4, 0.5) is 0 Å². The predicted molar refractivity (Wildman–Crippen MR) is 83.8 cm³/mol. The SMILES string of the molecule is CC12C3=CC=CC1=CC=C1C=C(Br)C=C(C=C3)C12C. The van der Waals surface area contributed by atoms with E-state index in [1.54, 1.807) is 0 Å². The van der Waals surface area contributed by atoms with E-state index in [1.165, 1.54) is 22.3 Å². The zero-order valence-corrected chi connectivity index (χ0v) is 12.7. The highest BCUT2D eigenvalue weighted by atomic mass is 79.9. The average Bonchev–Trinajstić information content (AvgIpc) is 2.37. The highest BCUT2D eigenvalue weighted by molar-refractivity contribution is 9.11. The summed E-state index contributed by atoms with van der Waals surface area (Å²) in [6.45, 7) is 4.76. The molecule has 0 aliphatic heterocycles. The summed E-state index contributed by atoms with van der Waals surface area (Å²) in [5.74, 6) is 0. The maximum absolute atomic E-state index is 3.64. The number of halogens is 1. The van der Waals surface area contributed by atoms with Gasteiger partial charge in [-0.15, -0.1) is 0 Å². The van der Waals surface area contributed by atoms with Gasteiger partial charge < -0.3 is 0 Å². The molecule has 0 radical (unpaired) electrons. The maximum atomic E-state index is 3.64. The molecule has 0 aromatic rings. The lowest BCUT2D eigenvalue weighted by molar-refractivity contribution is 0.249. The Hall–Kier alpha value is -1.34. The second-order valence-electron chi connectivity index (χ2n) is 5.94. The van der Waals surface area contributed by atoms with Crippen molar-refractivity contribution in [1.29, 1.82) is 0 Å². The Morgan fingerprint density at radius 2 is 1.37 bits per heavy atom. The molecule has 0 saturated carbocycles. The van der Waals surface area contributed by atoms with Gasteiger partial charge in [-0.1, -0.05) is 72.3 Å². The van der Waals surface area contributed by atoms with Gasteiger partial charge in [0.1, 0.15) is 0 Å². The van der Waals surface area contributed by atoms with Crippen LogP contribution in [0.2, 0.25) is 0 Å². The fourth-order valence-electron chi connectivity index (χ4n) is 3.94. The van der Waals surface area contributed by atoms with Gasteiger partial charge in [-0.2, -0.15) is 0 Å². The normalized spacial score (nSPS) is 37.7. The van der Waals surface area contributed by atoms with Crippen molar-refractivity contribution in [2.45, 2.75) is 13.8 Å². The number of rotatable bonds is 0. The van der Waals surface area contributed by atoms with Crippen LogP contribution >= 0.6 is 15.9 Å². The van der Waals surface area contributed by atoms with E-state index < -0.39 is 0 Å². The smallest absolute Gasteiger partial charge is 0.0310 e. The summed E-state index contributed by atoms with van der Waals surface area (Å²) in [5, 5.41) is 0. The third-order valence-electron chi connectivity index (χ3n) is 5.33. The van der Waals surface area contributed by atoms with Gasteiger partial charge in [0.25, 0.3) is 0 Å². The molecule has 0 amide bonds. The number of hydrogen-bond acceptors (Lipinski definition) is 0. The zero-order valence-electron chi connectivity index (χ0n) is 11.1. The van der Waals surface area contributed by atoms with Gasteiger partial charge in [0.2, 0.25) is 0 Å². The van der Waals surface area contributed by atoms with E-state index in [1.807, 2.05) is 0 Å². The van der Waals surface area contributed by atoms with Crippen LogP contribution in [-0.2, 0) is 0 Å². The third-order valence-corrected chi connectivity index (χ3v) is 5.79. The molecular formula is C18H15Br. The first-order valence-corrected chi connectivity index (χ1v) is 7.45. The first-order chi connectivity index (χ1) is 9.06. The van der Waals surface area contributed by atoms with E-state index in [0.29, 0.717) is 0 Å². The summed E-state index contributed by atoms with van der Waals surface area (Å²) in [5.41, 5.74) is 5.72. The Labute approximate surface area is 122 Å². The molecule has 0 heterocycles. The Morgan fingerprint density at radius 3 is 2.21 bits per heavy atom.